The summed E-state index contributed by atoms with van der Waals surface area (Å²) in [5, 5.41) is 0.424. The molecule has 1 fully saturated rings. The summed E-state index contributed by atoms with van der Waals surface area (Å²) in [5.41, 5.74) is 6.69. The highest BCUT2D eigenvalue weighted by atomic mass is 35.5. The lowest BCUT2D eigenvalue weighted by molar-refractivity contribution is 0.0789. The molecule has 2 rings (SSSR count). The average Bonchev–Trinajstić information content (AvgIpc) is 3.00. The fourth-order valence-corrected chi connectivity index (χ4v) is 1.95. The maximum atomic E-state index is 12.0. The van der Waals surface area contributed by atoms with Gasteiger partial charge in [-0.15, -0.1) is 12.4 Å². The van der Waals surface area contributed by atoms with Crippen LogP contribution in [-0.2, 0) is 0 Å². The normalized spacial score (nSPS) is 14.0. The molecule has 0 spiro atoms. The van der Waals surface area contributed by atoms with E-state index in [4.69, 9.17) is 17.3 Å². The molecule has 3 nitrogen and oxygen atoms in total. The number of anilines is 1. The summed E-state index contributed by atoms with van der Waals surface area (Å²) in [6.07, 6.45) is 2.46. The van der Waals surface area contributed by atoms with Crippen LogP contribution in [0.25, 0.3) is 0 Å². The van der Waals surface area contributed by atoms with Crippen molar-refractivity contribution < 1.29 is 4.79 Å². The van der Waals surface area contributed by atoms with Gasteiger partial charge >= 0.3 is 0 Å². The summed E-state index contributed by atoms with van der Waals surface area (Å²) in [5.74, 6) is 0.651. The van der Waals surface area contributed by atoms with Crippen molar-refractivity contribution in [3.63, 3.8) is 0 Å². The Morgan fingerprint density at radius 2 is 2.18 bits per heavy atom. The van der Waals surface area contributed by atoms with Crippen LogP contribution < -0.4 is 5.73 Å². The van der Waals surface area contributed by atoms with Gasteiger partial charge in [0.05, 0.1) is 10.6 Å². The third-order valence-electron chi connectivity index (χ3n) is 2.80. The van der Waals surface area contributed by atoms with Crippen molar-refractivity contribution in [1.82, 2.24) is 4.90 Å². The van der Waals surface area contributed by atoms with Crippen molar-refractivity contribution in [2.75, 3.05) is 19.3 Å². The van der Waals surface area contributed by atoms with Crippen LogP contribution in [0.15, 0.2) is 18.2 Å². The van der Waals surface area contributed by atoms with Crippen LogP contribution in [0.1, 0.15) is 23.2 Å². The number of nitrogen functional groups attached to an aromatic ring is 1. The summed E-state index contributed by atoms with van der Waals surface area (Å²) in [6.45, 7) is 0.819. The Bertz CT molecular complexity index is 419. The molecule has 5 heteroatoms. The van der Waals surface area contributed by atoms with Gasteiger partial charge in [0.1, 0.15) is 0 Å². The summed E-state index contributed by atoms with van der Waals surface area (Å²) in [7, 11) is 1.81. The summed E-state index contributed by atoms with van der Waals surface area (Å²) < 4.78 is 0. The number of hydrogen-bond acceptors (Lipinski definition) is 2. The van der Waals surface area contributed by atoms with Crippen molar-refractivity contribution in [2.24, 2.45) is 5.92 Å². The second kappa shape index (κ2) is 5.61. The molecule has 0 unspecified atom stereocenters. The monoisotopic (exact) mass is 274 g/mol. The van der Waals surface area contributed by atoms with E-state index >= 15 is 0 Å². The highest BCUT2D eigenvalue weighted by Crippen LogP contribution is 2.30. The minimum absolute atomic E-state index is 0. The molecule has 0 aromatic heterocycles. The fourth-order valence-electron chi connectivity index (χ4n) is 1.68. The molecule has 0 radical (unpaired) electrons. The first-order valence-electron chi connectivity index (χ1n) is 5.38. The molecule has 2 N–H and O–H groups in total. The van der Waals surface area contributed by atoms with Gasteiger partial charge in [0, 0.05) is 19.3 Å². The SMILES string of the molecule is CN(CC1CC1)C(=O)c1ccc(N)cc1Cl.Cl. The lowest BCUT2D eigenvalue weighted by atomic mass is 10.2. The molecular weight excluding hydrogens is 259 g/mol. The second-order valence-electron chi connectivity index (χ2n) is 4.37. The first-order valence-corrected chi connectivity index (χ1v) is 5.76. The number of carbonyl (C=O) groups is 1. The predicted molar refractivity (Wildman–Crippen MR) is 72.8 cm³/mol. The molecule has 0 bridgehead atoms. The van der Waals surface area contributed by atoms with E-state index in [2.05, 4.69) is 0 Å². The molecule has 0 saturated heterocycles. The van der Waals surface area contributed by atoms with Crippen molar-refractivity contribution in [3.8, 4) is 0 Å². The van der Waals surface area contributed by atoms with Crippen molar-refractivity contribution in [3.05, 3.63) is 28.8 Å². The van der Waals surface area contributed by atoms with Crippen LogP contribution in [0.5, 0.6) is 0 Å². The number of halogens is 2. The molecular formula is C12H16Cl2N2O. The minimum Gasteiger partial charge on any atom is -0.399 e. The maximum absolute atomic E-state index is 12.0. The van der Waals surface area contributed by atoms with Crippen LogP contribution in [0, 0.1) is 5.92 Å². The molecule has 17 heavy (non-hydrogen) atoms. The van der Waals surface area contributed by atoms with E-state index in [-0.39, 0.29) is 18.3 Å². The Morgan fingerprint density at radius 3 is 2.71 bits per heavy atom. The number of rotatable bonds is 3. The van der Waals surface area contributed by atoms with Crippen LogP contribution in [0.2, 0.25) is 5.02 Å². The Morgan fingerprint density at radius 1 is 1.53 bits per heavy atom. The Balaban J connectivity index is 0.00000144. The predicted octanol–water partition coefficient (Wildman–Crippen LogP) is 2.83. The number of carbonyl (C=O) groups excluding carboxylic acids is 1. The van der Waals surface area contributed by atoms with E-state index in [9.17, 15) is 4.79 Å². The highest BCUT2D eigenvalue weighted by Gasteiger charge is 2.25. The number of nitrogens with two attached hydrogens (primary N) is 1. The van der Waals surface area contributed by atoms with Gasteiger partial charge in [0.2, 0.25) is 0 Å². The molecule has 94 valence electrons. The van der Waals surface area contributed by atoms with Crippen LogP contribution in [0.4, 0.5) is 5.69 Å². The minimum atomic E-state index is -0.0306. The zero-order chi connectivity index (χ0) is 11.7. The largest absolute Gasteiger partial charge is 0.399 e. The van der Waals surface area contributed by atoms with Crippen molar-refractivity contribution >= 4 is 35.6 Å². The van der Waals surface area contributed by atoms with Crippen molar-refractivity contribution in [2.45, 2.75) is 12.8 Å². The van der Waals surface area contributed by atoms with Gasteiger partial charge in [-0.3, -0.25) is 4.79 Å². The molecule has 1 aliphatic carbocycles. The first kappa shape index (κ1) is 14.1. The second-order valence-corrected chi connectivity index (χ2v) is 4.78. The van der Waals surface area contributed by atoms with E-state index in [0.717, 1.165) is 6.54 Å². The highest BCUT2D eigenvalue weighted by molar-refractivity contribution is 6.34. The number of benzene rings is 1. The zero-order valence-corrected chi connectivity index (χ0v) is 11.2. The lowest BCUT2D eigenvalue weighted by Crippen LogP contribution is -2.28. The average molecular weight is 275 g/mol. The van der Waals surface area contributed by atoms with E-state index in [1.807, 2.05) is 7.05 Å². The maximum Gasteiger partial charge on any atom is 0.255 e. The summed E-state index contributed by atoms with van der Waals surface area (Å²) in [6, 6.07) is 4.99. The molecule has 1 saturated carbocycles. The third-order valence-corrected chi connectivity index (χ3v) is 3.11. The molecule has 1 amide bonds. The molecule has 0 heterocycles. The van der Waals surface area contributed by atoms with Gasteiger partial charge in [-0.05, 0) is 37.0 Å². The first-order chi connectivity index (χ1) is 7.58. The lowest BCUT2D eigenvalue weighted by Gasteiger charge is -2.17. The van der Waals surface area contributed by atoms with Crippen LogP contribution in [0.3, 0.4) is 0 Å². The van der Waals surface area contributed by atoms with Gasteiger partial charge in [-0.1, -0.05) is 11.6 Å². The molecule has 1 aromatic rings. The van der Waals surface area contributed by atoms with E-state index in [1.165, 1.54) is 12.8 Å². The smallest absolute Gasteiger partial charge is 0.255 e. The Kier molecular flexibility index (Phi) is 4.66. The fraction of sp³-hybridized carbons (Fsp3) is 0.417. The van der Waals surface area contributed by atoms with Gasteiger partial charge < -0.3 is 10.6 Å². The zero-order valence-electron chi connectivity index (χ0n) is 9.65. The van der Waals surface area contributed by atoms with E-state index < -0.39 is 0 Å². The van der Waals surface area contributed by atoms with Crippen LogP contribution in [-0.4, -0.2) is 24.4 Å². The topological polar surface area (TPSA) is 46.3 Å². The molecule has 0 atom stereocenters. The van der Waals surface area contributed by atoms with Gasteiger partial charge in [-0.25, -0.2) is 0 Å². The number of nitrogens with zero attached hydrogens (tertiary/aromatic N) is 1. The Labute approximate surface area is 112 Å². The summed E-state index contributed by atoms with van der Waals surface area (Å²) in [4.78, 5) is 13.8. The van der Waals surface area contributed by atoms with Gasteiger partial charge in [0.15, 0.2) is 0 Å². The molecule has 0 aliphatic heterocycles. The quantitative estimate of drug-likeness (QED) is 0.862. The van der Waals surface area contributed by atoms with Gasteiger partial charge in [0.25, 0.3) is 5.91 Å². The van der Waals surface area contributed by atoms with Crippen LogP contribution >= 0.6 is 24.0 Å². The summed E-state index contributed by atoms with van der Waals surface area (Å²) >= 11 is 5.99. The Hall–Kier alpha value is -0.930. The standard InChI is InChI=1S/C12H15ClN2O.ClH/c1-15(7-8-2-3-8)12(16)10-5-4-9(14)6-11(10)13;/h4-6,8H,2-3,7,14H2,1H3;1H. The van der Waals surface area contributed by atoms with E-state index in [1.54, 1.807) is 23.1 Å². The molecule has 1 aromatic carbocycles. The van der Waals surface area contributed by atoms with Gasteiger partial charge in [-0.2, -0.15) is 0 Å². The number of amides is 1. The third kappa shape index (κ3) is 3.51. The number of hydrogen-bond donors (Lipinski definition) is 1. The van der Waals surface area contributed by atoms with Crippen molar-refractivity contribution in [1.29, 1.82) is 0 Å². The molecule has 1 aliphatic rings. The van der Waals surface area contributed by atoms with E-state index in [0.29, 0.717) is 22.2 Å².